The van der Waals surface area contributed by atoms with Crippen LogP contribution in [0.5, 0.6) is 0 Å². The summed E-state index contributed by atoms with van der Waals surface area (Å²) in [7, 11) is 1.94. The van der Waals surface area contributed by atoms with Gasteiger partial charge in [-0.15, -0.1) is 0 Å². The van der Waals surface area contributed by atoms with Gasteiger partial charge in [0, 0.05) is 24.4 Å². The van der Waals surface area contributed by atoms with Gasteiger partial charge in [0.1, 0.15) is 0 Å². The van der Waals surface area contributed by atoms with E-state index in [4.69, 9.17) is 35.8 Å². The van der Waals surface area contributed by atoms with Gasteiger partial charge in [0.2, 0.25) is 5.91 Å². The van der Waals surface area contributed by atoms with E-state index in [0.717, 1.165) is 37.9 Å². The normalized spacial score (nSPS) is 27.4. The van der Waals surface area contributed by atoms with E-state index in [2.05, 4.69) is 4.90 Å². The van der Waals surface area contributed by atoms with Gasteiger partial charge in [-0.2, -0.15) is 12.6 Å². The lowest BCUT2D eigenvalue weighted by Gasteiger charge is -2.45. The highest BCUT2D eigenvalue weighted by Gasteiger charge is 2.39. The first kappa shape index (κ1) is 19.3. The maximum absolute atomic E-state index is 12.9. The number of thiol groups is 1. The summed E-state index contributed by atoms with van der Waals surface area (Å²) in [6.07, 6.45) is 6.19. The Kier molecular flexibility index (Phi) is 6.59. The summed E-state index contributed by atoms with van der Waals surface area (Å²) in [5.74, 6) is 0.134. The Morgan fingerprint density at radius 1 is 1.20 bits per heavy atom. The van der Waals surface area contributed by atoms with Gasteiger partial charge >= 0.3 is 0 Å². The molecule has 3 rings (SSSR count). The van der Waals surface area contributed by atoms with Crippen molar-refractivity contribution in [2.24, 2.45) is 0 Å². The van der Waals surface area contributed by atoms with E-state index in [1.54, 1.807) is 12.1 Å². The molecule has 1 aromatic carbocycles. The maximum Gasteiger partial charge on any atom is 0.227 e. The lowest BCUT2D eigenvalue weighted by Crippen LogP contribution is -2.57. The number of nitrogens with zero attached hydrogens (tertiary/aromatic N) is 2. The third kappa shape index (κ3) is 4.47. The zero-order valence-corrected chi connectivity index (χ0v) is 17.0. The lowest BCUT2D eigenvalue weighted by atomic mass is 9.87. The molecule has 1 amide bonds. The smallest absolute Gasteiger partial charge is 0.227 e. The molecule has 2 fully saturated rings. The van der Waals surface area contributed by atoms with Gasteiger partial charge in [0.05, 0.1) is 16.5 Å². The molecule has 1 aliphatic heterocycles. The fourth-order valence-corrected chi connectivity index (χ4v) is 5.11. The average molecular weight is 401 g/mol. The van der Waals surface area contributed by atoms with Crippen LogP contribution in [-0.2, 0) is 11.2 Å². The molecule has 3 atom stereocenters. The van der Waals surface area contributed by atoms with Gasteiger partial charge in [-0.05, 0) is 56.5 Å². The molecule has 1 aromatic rings. The first-order valence-corrected chi connectivity index (χ1v) is 10.4. The summed E-state index contributed by atoms with van der Waals surface area (Å²) >= 11 is 16.9. The molecule has 0 N–H and O–H groups in total. The van der Waals surface area contributed by atoms with Crippen LogP contribution < -0.4 is 0 Å². The molecule has 3 nitrogen and oxygen atoms in total. The first-order valence-electron chi connectivity index (χ1n) is 9.09. The molecular weight excluding hydrogens is 375 g/mol. The van der Waals surface area contributed by atoms with E-state index >= 15 is 0 Å². The summed E-state index contributed by atoms with van der Waals surface area (Å²) in [5, 5.41) is 1.36. The van der Waals surface area contributed by atoms with Crippen molar-refractivity contribution in [1.82, 2.24) is 9.80 Å². The van der Waals surface area contributed by atoms with E-state index < -0.39 is 0 Å². The second kappa shape index (κ2) is 8.51. The molecule has 3 unspecified atom stereocenters. The molecule has 0 aromatic heterocycles. The van der Waals surface area contributed by atoms with Gasteiger partial charge in [-0.3, -0.25) is 9.69 Å². The molecule has 25 heavy (non-hydrogen) atoms. The molecule has 0 bridgehead atoms. The molecule has 1 saturated carbocycles. The number of benzene rings is 1. The van der Waals surface area contributed by atoms with Crippen LogP contribution in [0.25, 0.3) is 0 Å². The van der Waals surface area contributed by atoms with Gasteiger partial charge in [0.25, 0.3) is 0 Å². The SMILES string of the molecule is CN(C(=O)Cc1ccc(Cl)c(Cl)c1)C1CCCC(S)C1N1CCCC1. The maximum atomic E-state index is 12.9. The third-order valence-corrected chi connectivity index (χ3v) is 6.88. The predicted octanol–water partition coefficient (Wildman–Crippen LogP) is 4.31. The van der Waals surface area contributed by atoms with Crippen molar-refractivity contribution < 1.29 is 4.79 Å². The van der Waals surface area contributed by atoms with Gasteiger partial charge in [0.15, 0.2) is 0 Å². The minimum Gasteiger partial charge on any atom is -0.341 e. The summed E-state index contributed by atoms with van der Waals surface area (Å²) in [5.41, 5.74) is 0.905. The van der Waals surface area contributed by atoms with Crippen molar-refractivity contribution in [3.8, 4) is 0 Å². The number of hydrogen-bond acceptors (Lipinski definition) is 3. The summed E-state index contributed by atoms with van der Waals surface area (Å²) in [4.78, 5) is 17.4. The Hall–Kier alpha value is -0.420. The van der Waals surface area contributed by atoms with Crippen molar-refractivity contribution in [3.63, 3.8) is 0 Å². The summed E-state index contributed by atoms with van der Waals surface area (Å²) < 4.78 is 0. The zero-order valence-electron chi connectivity index (χ0n) is 14.6. The number of carbonyl (C=O) groups is 1. The van der Waals surface area contributed by atoms with Crippen LogP contribution in [0.1, 0.15) is 37.7 Å². The fraction of sp³-hybridized carbons (Fsp3) is 0.632. The monoisotopic (exact) mass is 400 g/mol. The number of hydrogen-bond donors (Lipinski definition) is 1. The number of carbonyl (C=O) groups excluding carboxylic acids is 1. The largest absolute Gasteiger partial charge is 0.341 e. The molecule has 6 heteroatoms. The third-order valence-electron chi connectivity index (χ3n) is 5.58. The fourth-order valence-electron chi connectivity index (χ4n) is 4.22. The summed E-state index contributed by atoms with van der Waals surface area (Å²) in [6, 6.07) is 6.02. The van der Waals surface area contributed by atoms with Crippen molar-refractivity contribution in [2.45, 2.75) is 55.9 Å². The predicted molar refractivity (Wildman–Crippen MR) is 108 cm³/mol. The number of halogens is 2. The van der Waals surface area contributed by atoms with Crippen molar-refractivity contribution in [3.05, 3.63) is 33.8 Å². The zero-order chi connectivity index (χ0) is 18.0. The number of rotatable bonds is 4. The number of likely N-dealkylation sites (tertiary alicyclic amines) is 1. The van der Waals surface area contributed by atoms with Gasteiger partial charge < -0.3 is 4.90 Å². The minimum absolute atomic E-state index is 0.134. The van der Waals surface area contributed by atoms with Crippen LogP contribution in [-0.4, -0.2) is 53.2 Å². The minimum atomic E-state index is 0.134. The summed E-state index contributed by atoms with van der Waals surface area (Å²) in [6.45, 7) is 2.26. The van der Waals surface area contributed by atoms with E-state index in [1.165, 1.54) is 12.8 Å². The quantitative estimate of drug-likeness (QED) is 0.761. The Labute approximate surface area is 166 Å². The van der Waals surface area contributed by atoms with Crippen LogP contribution in [0, 0.1) is 0 Å². The van der Waals surface area contributed by atoms with Crippen molar-refractivity contribution >= 4 is 41.7 Å². The first-order chi connectivity index (χ1) is 12.0. The van der Waals surface area contributed by atoms with E-state index in [0.29, 0.717) is 27.8 Å². The van der Waals surface area contributed by atoms with E-state index in [1.807, 2.05) is 18.0 Å². The van der Waals surface area contributed by atoms with Crippen LogP contribution in [0.2, 0.25) is 10.0 Å². The van der Waals surface area contributed by atoms with Crippen molar-refractivity contribution in [1.29, 1.82) is 0 Å². The molecule has 2 aliphatic rings. The molecular formula is C19H26Cl2N2OS. The second-order valence-corrected chi connectivity index (χ2v) is 8.71. The standard InChI is InChI=1S/C19H26Cl2N2OS/c1-22(18(24)12-13-7-8-14(20)15(21)11-13)16-5-4-6-17(25)19(16)23-9-2-3-10-23/h7-8,11,16-17,19,25H,2-6,9-10,12H2,1H3. The second-order valence-electron chi connectivity index (χ2n) is 7.23. The van der Waals surface area contributed by atoms with Crippen molar-refractivity contribution in [2.75, 3.05) is 20.1 Å². The van der Waals surface area contributed by atoms with Gasteiger partial charge in [-0.1, -0.05) is 35.7 Å². The Bertz CT molecular complexity index is 621. The van der Waals surface area contributed by atoms with E-state index in [9.17, 15) is 4.79 Å². The van der Waals surface area contributed by atoms with Gasteiger partial charge in [-0.25, -0.2) is 0 Å². The average Bonchev–Trinajstić information content (AvgIpc) is 3.11. The highest BCUT2D eigenvalue weighted by molar-refractivity contribution is 7.81. The highest BCUT2D eigenvalue weighted by Crippen LogP contribution is 2.32. The number of amides is 1. The molecule has 0 radical (unpaired) electrons. The lowest BCUT2D eigenvalue weighted by molar-refractivity contribution is -0.133. The van der Waals surface area contributed by atoms with Crippen LogP contribution in [0.4, 0.5) is 0 Å². The Balaban J connectivity index is 1.71. The van der Waals surface area contributed by atoms with Crippen LogP contribution in [0.15, 0.2) is 18.2 Å². The Morgan fingerprint density at radius 3 is 2.60 bits per heavy atom. The highest BCUT2D eigenvalue weighted by atomic mass is 35.5. The molecule has 138 valence electrons. The topological polar surface area (TPSA) is 23.6 Å². The van der Waals surface area contributed by atoms with E-state index in [-0.39, 0.29) is 11.9 Å². The molecule has 0 spiro atoms. The van der Waals surface area contributed by atoms with Crippen LogP contribution in [0.3, 0.4) is 0 Å². The van der Waals surface area contributed by atoms with Crippen LogP contribution >= 0.6 is 35.8 Å². The molecule has 1 aliphatic carbocycles. The molecule has 1 saturated heterocycles. The number of likely N-dealkylation sites (N-methyl/N-ethyl adjacent to an activating group) is 1. The Morgan fingerprint density at radius 2 is 1.92 bits per heavy atom. The molecule has 1 heterocycles.